The minimum atomic E-state index is -0.858. The molecular weight excluding hydrogens is 462 g/mol. The number of aromatic carboxylic acids is 1. The molecule has 0 unspecified atom stereocenters. The molecule has 2 fully saturated rings. The Morgan fingerprint density at radius 3 is 2.59 bits per heavy atom. The van der Waals surface area contributed by atoms with Gasteiger partial charge in [0.1, 0.15) is 0 Å². The lowest BCUT2D eigenvalue weighted by Crippen LogP contribution is -2.37. The predicted molar refractivity (Wildman–Crippen MR) is 151 cm³/mol. The van der Waals surface area contributed by atoms with Gasteiger partial charge in [-0.3, -0.25) is 4.90 Å². The number of hydrogen-bond donors (Lipinski definition) is 1. The van der Waals surface area contributed by atoms with Gasteiger partial charge < -0.3 is 19.3 Å². The van der Waals surface area contributed by atoms with Crippen molar-refractivity contribution in [3.05, 3.63) is 53.6 Å². The van der Waals surface area contributed by atoms with E-state index in [9.17, 15) is 9.90 Å². The first-order valence-corrected chi connectivity index (χ1v) is 13.7. The van der Waals surface area contributed by atoms with Crippen molar-refractivity contribution in [2.75, 3.05) is 50.8 Å². The first kappa shape index (κ1) is 25.8. The summed E-state index contributed by atoms with van der Waals surface area (Å²) in [6.07, 6.45) is 7.41. The van der Waals surface area contributed by atoms with Gasteiger partial charge in [-0.25, -0.2) is 4.79 Å². The Hall–Kier alpha value is -2.83. The molecule has 0 spiro atoms. The highest BCUT2D eigenvalue weighted by atomic mass is 16.5. The van der Waals surface area contributed by atoms with Crippen molar-refractivity contribution < 1.29 is 14.6 Å². The van der Waals surface area contributed by atoms with Crippen molar-refractivity contribution in [1.29, 1.82) is 0 Å². The molecule has 3 aliphatic rings. The predicted octanol–water partition coefficient (Wildman–Crippen LogP) is 6.23. The van der Waals surface area contributed by atoms with Gasteiger partial charge in [-0.2, -0.15) is 0 Å². The zero-order valence-electron chi connectivity index (χ0n) is 21.1. The summed E-state index contributed by atoms with van der Waals surface area (Å²) in [7, 11) is 0. The highest BCUT2D eigenvalue weighted by Gasteiger charge is 2.30. The van der Waals surface area contributed by atoms with Crippen LogP contribution in [0.15, 0.2) is 42.5 Å². The second-order valence-corrected chi connectivity index (χ2v) is 10.6. The van der Waals surface area contributed by atoms with Crippen LogP contribution in [0.1, 0.15) is 67.8 Å². The van der Waals surface area contributed by atoms with E-state index in [1.165, 1.54) is 60.0 Å². The van der Waals surface area contributed by atoms with E-state index < -0.39 is 5.97 Å². The Bertz CT molecular complexity index is 1240. The quantitative estimate of drug-likeness (QED) is 0.447. The first-order valence-electron chi connectivity index (χ1n) is 13.7. The summed E-state index contributed by atoms with van der Waals surface area (Å²) >= 11 is 0. The van der Waals surface area contributed by atoms with Crippen LogP contribution in [0.3, 0.4) is 0 Å². The third-order valence-corrected chi connectivity index (χ3v) is 8.46. The lowest BCUT2D eigenvalue weighted by molar-refractivity contribution is 0.0697. The van der Waals surface area contributed by atoms with E-state index in [0.717, 1.165) is 64.4 Å². The van der Waals surface area contributed by atoms with Crippen molar-refractivity contribution in [3.8, 4) is 11.3 Å². The molecule has 1 saturated heterocycles. The number of benzene rings is 2. The maximum absolute atomic E-state index is 11.9. The van der Waals surface area contributed by atoms with Gasteiger partial charge in [0.25, 0.3) is 0 Å². The fraction of sp³-hybridized carbons (Fsp3) is 0.516. The van der Waals surface area contributed by atoms with Crippen LogP contribution >= 0.6 is 0 Å². The summed E-state index contributed by atoms with van der Waals surface area (Å²) in [5, 5.41) is 11.0. The normalized spacial score (nSPS) is 19.0. The number of ether oxygens (including phenoxy) is 1. The van der Waals surface area contributed by atoms with Crippen molar-refractivity contribution >= 4 is 22.6 Å². The van der Waals surface area contributed by atoms with Crippen molar-refractivity contribution in [1.82, 2.24) is 9.47 Å². The number of para-hydroxylation sites is 1. The van der Waals surface area contributed by atoms with Gasteiger partial charge in [0.2, 0.25) is 0 Å². The number of carboxylic acid groups (broad SMARTS) is 1. The van der Waals surface area contributed by atoms with Crippen LogP contribution in [0.5, 0.6) is 0 Å². The average Bonchev–Trinajstić information content (AvgIpc) is 3.05. The number of fused-ring (bicyclic) bond motifs is 5. The van der Waals surface area contributed by atoms with E-state index in [2.05, 4.69) is 44.7 Å². The summed E-state index contributed by atoms with van der Waals surface area (Å²) in [4.78, 5) is 16.9. The second-order valence-electron chi connectivity index (χ2n) is 10.6. The van der Waals surface area contributed by atoms with E-state index in [1.807, 2.05) is 6.07 Å². The summed E-state index contributed by atoms with van der Waals surface area (Å²) < 4.78 is 8.10. The minimum Gasteiger partial charge on any atom is -0.478 e. The van der Waals surface area contributed by atoms with Gasteiger partial charge in [-0.05, 0) is 48.9 Å². The maximum atomic E-state index is 11.9. The monoisotopic (exact) mass is 503 g/mol. The Kier molecular flexibility index (Phi) is 7.87. The minimum absolute atomic E-state index is 0. The Morgan fingerprint density at radius 1 is 0.919 bits per heavy atom. The molecule has 0 amide bonds. The number of rotatable bonds is 5. The molecular formula is C31H41N3O3. The van der Waals surface area contributed by atoms with E-state index in [-0.39, 0.29) is 7.43 Å². The van der Waals surface area contributed by atoms with Crippen LogP contribution in [0.2, 0.25) is 0 Å². The smallest absolute Gasteiger partial charge is 0.335 e. The van der Waals surface area contributed by atoms with Gasteiger partial charge in [0.15, 0.2) is 0 Å². The molecule has 3 heterocycles. The van der Waals surface area contributed by atoms with E-state index >= 15 is 0 Å². The highest BCUT2D eigenvalue weighted by molar-refractivity contribution is 5.99. The molecule has 2 aromatic carbocycles. The van der Waals surface area contributed by atoms with Crippen molar-refractivity contribution in [2.45, 2.75) is 58.4 Å². The van der Waals surface area contributed by atoms with Crippen LogP contribution in [-0.4, -0.2) is 66.5 Å². The Balaban J connectivity index is 0.00000280. The summed E-state index contributed by atoms with van der Waals surface area (Å²) in [5.41, 5.74) is 6.81. The van der Waals surface area contributed by atoms with Crippen LogP contribution in [0.4, 0.5) is 5.69 Å². The number of hydrogen-bond acceptors (Lipinski definition) is 4. The molecule has 0 bridgehead atoms. The van der Waals surface area contributed by atoms with Gasteiger partial charge in [0.05, 0.1) is 17.9 Å². The Labute approximate surface area is 220 Å². The maximum Gasteiger partial charge on any atom is 0.335 e. The molecule has 1 aromatic heterocycles. The third-order valence-electron chi connectivity index (χ3n) is 8.46. The molecule has 3 aromatic rings. The fourth-order valence-corrected chi connectivity index (χ4v) is 6.64. The van der Waals surface area contributed by atoms with Crippen LogP contribution < -0.4 is 4.90 Å². The molecule has 6 nitrogen and oxygen atoms in total. The molecule has 6 heteroatoms. The molecule has 37 heavy (non-hydrogen) atoms. The lowest BCUT2D eigenvalue weighted by atomic mass is 9.81. The van der Waals surface area contributed by atoms with Crippen molar-refractivity contribution in [3.63, 3.8) is 0 Å². The van der Waals surface area contributed by atoms with Gasteiger partial charge in [-0.1, -0.05) is 51.0 Å². The average molecular weight is 504 g/mol. The Morgan fingerprint density at radius 2 is 1.76 bits per heavy atom. The molecule has 6 rings (SSSR count). The molecule has 0 radical (unpaired) electrons. The topological polar surface area (TPSA) is 57.9 Å². The second kappa shape index (κ2) is 11.3. The molecule has 1 aliphatic carbocycles. The highest BCUT2D eigenvalue weighted by Crippen LogP contribution is 2.47. The number of anilines is 1. The first-order chi connectivity index (χ1) is 17.7. The SMILES string of the molecule is C.O=C(O)c1ccc2c(C3CCCCC3)c3n(c2c1)CCN(CCN1CCCOCC1)c1ccccc1-3. The molecule has 2 aliphatic heterocycles. The van der Waals surface area contributed by atoms with Gasteiger partial charge in [0, 0.05) is 68.0 Å². The largest absolute Gasteiger partial charge is 0.478 e. The zero-order valence-corrected chi connectivity index (χ0v) is 21.1. The number of carboxylic acids is 1. The molecule has 1 saturated carbocycles. The van der Waals surface area contributed by atoms with Gasteiger partial charge >= 0.3 is 5.97 Å². The fourth-order valence-electron chi connectivity index (χ4n) is 6.64. The molecule has 1 N–H and O–H groups in total. The summed E-state index contributed by atoms with van der Waals surface area (Å²) in [5.74, 6) is -0.325. The van der Waals surface area contributed by atoms with Gasteiger partial charge in [-0.15, -0.1) is 0 Å². The zero-order chi connectivity index (χ0) is 24.5. The lowest BCUT2D eigenvalue weighted by Gasteiger charge is -2.29. The number of nitrogens with zero attached hydrogens (tertiary/aromatic N) is 3. The number of aromatic nitrogens is 1. The standard InChI is InChI=1S/C30H37N3O3.CH4/c34-30(35)23-11-12-24-27(21-23)33-17-16-32(15-14-31-13-6-19-36-20-18-31)26-10-5-4-9-25(26)29(33)28(24)22-7-2-1-3-8-22;/h4-5,9-12,21-22H,1-3,6-8,13-20H2,(H,34,35);1H4. The number of carbonyl (C=O) groups is 1. The van der Waals surface area contributed by atoms with E-state index in [4.69, 9.17) is 4.74 Å². The summed E-state index contributed by atoms with van der Waals surface area (Å²) in [6, 6.07) is 14.6. The van der Waals surface area contributed by atoms with Crippen molar-refractivity contribution in [2.24, 2.45) is 0 Å². The van der Waals surface area contributed by atoms with E-state index in [0.29, 0.717) is 11.5 Å². The molecule has 0 atom stereocenters. The van der Waals surface area contributed by atoms with Crippen LogP contribution in [0, 0.1) is 0 Å². The van der Waals surface area contributed by atoms with Crippen LogP contribution in [-0.2, 0) is 11.3 Å². The van der Waals surface area contributed by atoms with E-state index in [1.54, 1.807) is 6.07 Å². The van der Waals surface area contributed by atoms with Crippen LogP contribution in [0.25, 0.3) is 22.2 Å². The molecule has 198 valence electrons. The summed E-state index contributed by atoms with van der Waals surface area (Å²) in [6.45, 7) is 7.59. The third kappa shape index (κ3) is 5.01.